The van der Waals surface area contributed by atoms with Crippen LogP contribution in [0.5, 0.6) is 0 Å². The van der Waals surface area contributed by atoms with E-state index < -0.39 is 5.41 Å². The van der Waals surface area contributed by atoms with E-state index in [4.69, 9.17) is 4.74 Å². The van der Waals surface area contributed by atoms with Gasteiger partial charge in [-0.2, -0.15) is 5.10 Å². The van der Waals surface area contributed by atoms with Crippen molar-refractivity contribution in [1.29, 1.82) is 0 Å². The molecule has 2 heterocycles. The number of nitrogens with zero attached hydrogens (tertiary/aromatic N) is 2. The fraction of sp³-hybridized carbons (Fsp3) is 0.273. The number of benzene rings is 2. The van der Waals surface area contributed by atoms with E-state index in [0.29, 0.717) is 32.6 Å². The number of amides is 1. The Morgan fingerprint density at radius 1 is 1.11 bits per heavy atom. The monoisotopic (exact) mass is 439 g/mol. The number of nitrogens with one attached hydrogen (secondary N) is 1. The molecule has 28 heavy (non-hydrogen) atoms. The maximum Gasteiger partial charge on any atom is 0.231 e. The highest BCUT2D eigenvalue weighted by Gasteiger charge is 2.41. The Balaban J connectivity index is 1.49. The lowest BCUT2D eigenvalue weighted by atomic mass is 9.73. The van der Waals surface area contributed by atoms with Crippen LogP contribution in [-0.2, 0) is 21.5 Å². The van der Waals surface area contributed by atoms with Crippen LogP contribution in [0.4, 0.5) is 0 Å². The first-order valence-corrected chi connectivity index (χ1v) is 10.2. The van der Waals surface area contributed by atoms with Crippen molar-refractivity contribution in [3.63, 3.8) is 0 Å². The molecular formula is C22H22BrN3O2. The van der Waals surface area contributed by atoms with E-state index in [9.17, 15) is 4.79 Å². The summed E-state index contributed by atoms with van der Waals surface area (Å²) in [6.07, 6.45) is 5.11. The minimum Gasteiger partial charge on any atom is -0.381 e. The van der Waals surface area contributed by atoms with Crippen LogP contribution in [0.15, 0.2) is 71.5 Å². The number of aromatic nitrogens is 2. The van der Waals surface area contributed by atoms with Gasteiger partial charge in [0.15, 0.2) is 0 Å². The van der Waals surface area contributed by atoms with Crippen molar-refractivity contribution in [2.24, 2.45) is 0 Å². The number of para-hydroxylation sites is 1. The van der Waals surface area contributed by atoms with Gasteiger partial charge in [0.1, 0.15) is 0 Å². The third-order valence-corrected chi connectivity index (χ3v) is 5.82. The van der Waals surface area contributed by atoms with Crippen molar-refractivity contribution < 1.29 is 9.53 Å². The zero-order valence-electron chi connectivity index (χ0n) is 15.5. The van der Waals surface area contributed by atoms with Gasteiger partial charge in [-0.05, 0) is 42.7 Å². The Hall–Kier alpha value is -2.44. The molecule has 0 atom stereocenters. The van der Waals surface area contributed by atoms with Gasteiger partial charge in [-0.3, -0.25) is 4.79 Å². The molecule has 4 rings (SSSR count). The van der Waals surface area contributed by atoms with Gasteiger partial charge in [0.25, 0.3) is 0 Å². The molecule has 1 saturated heterocycles. The maximum absolute atomic E-state index is 13.2. The second-order valence-electron chi connectivity index (χ2n) is 7.01. The number of carbonyl (C=O) groups is 1. The average molecular weight is 440 g/mol. The molecule has 1 fully saturated rings. The van der Waals surface area contributed by atoms with Gasteiger partial charge in [0, 0.05) is 36.0 Å². The third kappa shape index (κ3) is 3.88. The largest absolute Gasteiger partial charge is 0.381 e. The van der Waals surface area contributed by atoms with Gasteiger partial charge in [0.2, 0.25) is 5.91 Å². The number of halogens is 1. The van der Waals surface area contributed by atoms with Crippen LogP contribution in [0.2, 0.25) is 0 Å². The molecule has 3 aromatic rings. The summed E-state index contributed by atoms with van der Waals surface area (Å²) in [5, 5.41) is 7.53. The fourth-order valence-corrected chi connectivity index (χ4v) is 3.92. The molecule has 1 aliphatic rings. The highest BCUT2D eigenvalue weighted by molar-refractivity contribution is 9.10. The summed E-state index contributed by atoms with van der Waals surface area (Å²) >= 11 is 3.47. The summed E-state index contributed by atoms with van der Waals surface area (Å²) < 4.78 is 8.36. The fourth-order valence-electron chi connectivity index (χ4n) is 3.66. The van der Waals surface area contributed by atoms with Crippen LogP contribution in [0.25, 0.3) is 5.69 Å². The van der Waals surface area contributed by atoms with Gasteiger partial charge in [0.05, 0.1) is 17.3 Å². The van der Waals surface area contributed by atoms with Gasteiger partial charge in [-0.25, -0.2) is 4.68 Å². The van der Waals surface area contributed by atoms with Crippen LogP contribution in [0.1, 0.15) is 24.0 Å². The Bertz CT molecular complexity index is 932. The molecule has 0 unspecified atom stereocenters. The van der Waals surface area contributed by atoms with E-state index in [1.807, 2.05) is 65.5 Å². The van der Waals surface area contributed by atoms with Gasteiger partial charge >= 0.3 is 0 Å². The van der Waals surface area contributed by atoms with Crippen LogP contribution in [-0.4, -0.2) is 28.9 Å². The predicted octanol–water partition coefficient (Wildman–Crippen LogP) is 4.00. The summed E-state index contributed by atoms with van der Waals surface area (Å²) in [6.45, 7) is 1.63. The van der Waals surface area contributed by atoms with E-state index >= 15 is 0 Å². The molecule has 0 bridgehead atoms. The second kappa shape index (κ2) is 8.29. The van der Waals surface area contributed by atoms with Gasteiger partial charge in [-0.1, -0.05) is 46.3 Å². The van der Waals surface area contributed by atoms with Crippen LogP contribution < -0.4 is 5.32 Å². The molecule has 6 heteroatoms. The topological polar surface area (TPSA) is 56.2 Å². The van der Waals surface area contributed by atoms with E-state index in [-0.39, 0.29) is 5.91 Å². The summed E-state index contributed by atoms with van der Waals surface area (Å²) in [7, 11) is 0. The van der Waals surface area contributed by atoms with E-state index in [0.717, 1.165) is 21.3 Å². The second-order valence-corrected chi connectivity index (χ2v) is 7.93. The van der Waals surface area contributed by atoms with Crippen LogP contribution >= 0.6 is 15.9 Å². The summed E-state index contributed by atoms with van der Waals surface area (Å²) in [5.74, 6) is 0.0468. The minimum atomic E-state index is -0.547. The number of carbonyl (C=O) groups excluding carboxylic acids is 1. The standard InChI is InChI=1S/C22H22BrN3O2/c23-19-8-6-18(7-9-19)22(10-12-28-13-11-22)21(27)24-14-17-15-25-26(16-17)20-4-2-1-3-5-20/h1-9,15-16H,10-14H2,(H,24,27). The lowest BCUT2D eigenvalue weighted by molar-refractivity contribution is -0.130. The highest BCUT2D eigenvalue weighted by Crippen LogP contribution is 2.35. The average Bonchev–Trinajstić information content (AvgIpc) is 3.23. The Kier molecular flexibility index (Phi) is 5.59. The van der Waals surface area contributed by atoms with E-state index in [2.05, 4.69) is 26.3 Å². The quantitative estimate of drug-likeness (QED) is 0.653. The van der Waals surface area contributed by atoms with Crippen molar-refractivity contribution in [3.05, 3.63) is 82.6 Å². The van der Waals surface area contributed by atoms with Crippen molar-refractivity contribution >= 4 is 21.8 Å². The van der Waals surface area contributed by atoms with Crippen LogP contribution in [0, 0.1) is 0 Å². The SMILES string of the molecule is O=C(NCc1cnn(-c2ccccc2)c1)C1(c2ccc(Br)cc2)CCOCC1. The number of hydrogen-bond donors (Lipinski definition) is 1. The van der Waals surface area contributed by atoms with Crippen molar-refractivity contribution in [2.75, 3.05) is 13.2 Å². The maximum atomic E-state index is 13.2. The van der Waals surface area contributed by atoms with Crippen molar-refractivity contribution in [1.82, 2.24) is 15.1 Å². The Labute approximate surface area is 172 Å². The molecule has 1 aliphatic heterocycles. The first-order chi connectivity index (χ1) is 13.7. The molecule has 0 spiro atoms. The Morgan fingerprint density at radius 3 is 2.54 bits per heavy atom. The van der Waals surface area contributed by atoms with Gasteiger partial charge < -0.3 is 10.1 Å². The predicted molar refractivity (Wildman–Crippen MR) is 111 cm³/mol. The zero-order chi connectivity index (χ0) is 19.4. The molecule has 0 radical (unpaired) electrons. The first-order valence-electron chi connectivity index (χ1n) is 9.38. The van der Waals surface area contributed by atoms with Crippen molar-refractivity contribution in [3.8, 4) is 5.69 Å². The molecule has 1 amide bonds. The minimum absolute atomic E-state index is 0.0468. The molecule has 0 saturated carbocycles. The molecule has 144 valence electrons. The van der Waals surface area contributed by atoms with E-state index in [1.54, 1.807) is 6.20 Å². The molecule has 1 N–H and O–H groups in total. The van der Waals surface area contributed by atoms with E-state index in [1.165, 1.54) is 0 Å². The number of ether oxygens (including phenoxy) is 1. The molecule has 5 nitrogen and oxygen atoms in total. The highest BCUT2D eigenvalue weighted by atomic mass is 79.9. The summed E-state index contributed by atoms with van der Waals surface area (Å²) in [5.41, 5.74) is 2.46. The normalized spacial score (nSPS) is 15.9. The first kappa shape index (κ1) is 18.9. The zero-order valence-corrected chi connectivity index (χ0v) is 17.1. The molecule has 2 aromatic carbocycles. The lowest BCUT2D eigenvalue weighted by Crippen LogP contribution is -2.47. The number of hydrogen-bond acceptors (Lipinski definition) is 3. The molecular weight excluding hydrogens is 418 g/mol. The Morgan fingerprint density at radius 2 is 1.82 bits per heavy atom. The smallest absolute Gasteiger partial charge is 0.231 e. The molecule has 1 aromatic heterocycles. The van der Waals surface area contributed by atoms with Crippen molar-refractivity contribution in [2.45, 2.75) is 24.8 Å². The summed E-state index contributed by atoms with van der Waals surface area (Å²) in [6, 6.07) is 18.0. The third-order valence-electron chi connectivity index (χ3n) is 5.29. The molecule has 0 aliphatic carbocycles. The van der Waals surface area contributed by atoms with Gasteiger partial charge in [-0.15, -0.1) is 0 Å². The van der Waals surface area contributed by atoms with Crippen LogP contribution in [0.3, 0.4) is 0 Å². The number of rotatable bonds is 5. The summed E-state index contributed by atoms with van der Waals surface area (Å²) in [4.78, 5) is 13.2. The lowest BCUT2D eigenvalue weighted by Gasteiger charge is -2.36.